The fourth-order valence-corrected chi connectivity index (χ4v) is 2.49. The number of likely N-dealkylation sites (tertiary alicyclic amines) is 1. The minimum Gasteiger partial charge on any atom is -0.465 e. The highest BCUT2D eigenvalue weighted by molar-refractivity contribution is 5.86. The fourth-order valence-electron chi connectivity index (χ4n) is 2.49. The molecule has 1 atom stereocenters. The molecule has 0 aliphatic carbocycles. The van der Waals surface area contributed by atoms with Gasteiger partial charge < -0.3 is 14.9 Å². The smallest absolute Gasteiger partial charge is 0.407 e. The molecule has 0 aromatic heterocycles. The van der Waals surface area contributed by atoms with Crippen LogP contribution in [0.15, 0.2) is 0 Å². The molecule has 2 heterocycles. The topological polar surface area (TPSA) is 64.1 Å². The molecule has 1 N–H and O–H groups in total. The number of carboxylic acid groups (broad SMARTS) is 1. The summed E-state index contributed by atoms with van der Waals surface area (Å²) < 4.78 is 0. The lowest BCUT2D eigenvalue weighted by Crippen LogP contribution is -2.53. The van der Waals surface area contributed by atoms with Crippen LogP contribution in [0.5, 0.6) is 0 Å². The average Bonchev–Trinajstić information content (AvgIpc) is 2.78. The van der Waals surface area contributed by atoms with Crippen molar-refractivity contribution >= 4 is 12.0 Å². The summed E-state index contributed by atoms with van der Waals surface area (Å²) in [5.41, 5.74) is 0. The van der Waals surface area contributed by atoms with Gasteiger partial charge in [0.05, 0.1) is 0 Å². The molecular weight excluding hydrogens is 222 g/mol. The van der Waals surface area contributed by atoms with Gasteiger partial charge in [0.2, 0.25) is 5.91 Å². The SMILES string of the molecule is CN1CCN(C(=O)C2CCCN2C(=O)O)CC1. The molecule has 17 heavy (non-hydrogen) atoms. The number of carbonyl (C=O) groups is 2. The number of nitrogens with zero attached hydrogens (tertiary/aromatic N) is 3. The molecule has 2 fully saturated rings. The first kappa shape index (κ1) is 12.2. The number of carbonyl (C=O) groups excluding carboxylic acids is 1. The van der Waals surface area contributed by atoms with Gasteiger partial charge in [-0.2, -0.15) is 0 Å². The first-order chi connectivity index (χ1) is 8.09. The maximum Gasteiger partial charge on any atom is 0.407 e. The molecule has 1 unspecified atom stereocenters. The Hall–Kier alpha value is -1.30. The maximum absolute atomic E-state index is 12.2. The van der Waals surface area contributed by atoms with Crippen LogP contribution in [-0.4, -0.2) is 77.6 Å². The second-order valence-corrected chi connectivity index (χ2v) is 4.76. The molecular formula is C11H19N3O3. The predicted octanol–water partition coefficient (Wildman–Crippen LogP) is -0.0972. The van der Waals surface area contributed by atoms with Crippen LogP contribution in [-0.2, 0) is 4.79 Å². The van der Waals surface area contributed by atoms with E-state index in [1.54, 1.807) is 4.90 Å². The van der Waals surface area contributed by atoms with Crippen LogP contribution in [0.3, 0.4) is 0 Å². The summed E-state index contributed by atoms with van der Waals surface area (Å²) in [7, 11) is 2.03. The molecule has 0 bridgehead atoms. The van der Waals surface area contributed by atoms with Crippen LogP contribution in [0.1, 0.15) is 12.8 Å². The number of piperazine rings is 1. The lowest BCUT2D eigenvalue weighted by molar-refractivity contribution is -0.137. The molecule has 0 saturated carbocycles. The average molecular weight is 241 g/mol. The highest BCUT2D eigenvalue weighted by atomic mass is 16.4. The van der Waals surface area contributed by atoms with Crippen LogP contribution in [0.4, 0.5) is 4.79 Å². The molecule has 6 heteroatoms. The van der Waals surface area contributed by atoms with Gasteiger partial charge >= 0.3 is 6.09 Å². The van der Waals surface area contributed by atoms with Crippen LogP contribution < -0.4 is 0 Å². The molecule has 2 amide bonds. The van der Waals surface area contributed by atoms with Gasteiger partial charge in [0.1, 0.15) is 6.04 Å². The molecule has 2 saturated heterocycles. The predicted molar refractivity (Wildman–Crippen MR) is 61.8 cm³/mol. The van der Waals surface area contributed by atoms with Gasteiger partial charge in [0.15, 0.2) is 0 Å². The summed E-state index contributed by atoms with van der Waals surface area (Å²) >= 11 is 0. The second-order valence-electron chi connectivity index (χ2n) is 4.76. The molecule has 2 rings (SSSR count). The summed E-state index contributed by atoms with van der Waals surface area (Å²) in [5.74, 6) is -0.0157. The van der Waals surface area contributed by atoms with E-state index in [1.165, 1.54) is 4.90 Å². The van der Waals surface area contributed by atoms with Gasteiger partial charge in [0, 0.05) is 32.7 Å². The van der Waals surface area contributed by atoms with Gasteiger partial charge in [-0.1, -0.05) is 0 Å². The second kappa shape index (κ2) is 4.91. The highest BCUT2D eigenvalue weighted by Crippen LogP contribution is 2.20. The van der Waals surface area contributed by atoms with E-state index in [9.17, 15) is 9.59 Å². The number of hydrogen-bond donors (Lipinski definition) is 1. The quantitative estimate of drug-likeness (QED) is 0.696. The summed E-state index contributed by atoms with van der Waals surface area (Å²) in [6, 6.07) is -0.448. The zero-order valence-corrected chi connectivity index (χ0v) is 10.1. The number of amides is 2. The van der Waals surface area contributed by atoms with Crippen molar-refractivity contribution in [1.82, 2.24) is 14.7 Å². The molecule has 2 aliphatic rings. The Morgan fingerprint density at radius 1 is 1.12 bits per heavy atom. The van der Waals surface area contributed by atoms with Gasteiger partial charge in [-0.3, -0.25) is 9.69 Å². The third kappa shape index (κ3) is 2.52. The van der Waals surface area contributed by atoms with E-state index >= 15 is 0 Å². The summed E-state index contributed by atoms with van der Waals surface area (Å²) in [5, 5.41) is 9.02. The van der Waals surface area contributed by atoms with E-state index in [2.05, 4.69) is 4.90 Å². The van der Waals surface area contributed by atoms with Crippen LogP contribution >= 0.6 is 0 Å². The zero-order chi connectivity index (χ0) is 12.4. The van der Waals surface area contributed by atoms with Crippen molar-refractivity contribution in [2.75, 3.05) is 39.8 Å². The molecule has 0 aromatic rings. The summed E-state index contributed by atoms with van der Waals surface area (Å²) in [6.07, 6.45) is 0.475. The Bertz CT molecular complexity index is 313. The number of hydrogen-bond acceptors (Lipinski definition) is 3. The van der Waals surface area contributed by atoms with Gasteiger partial charge in [-0.05, 0) is 19.9 Å². The van der Waals surface area contributed by atoms with Gasteiger partial charge in [-0.25, -0.2) is 4.79 Å². The monoisotopic (exact) mass is 241 g/mol. The number of likely N-dealkylation sites (N-methyl/N-ethyl adjacent to an activating group) is 1. The highest BCUT2D eigenvalue weighted by Gasteiger charge is 2.36. The van der Waals surface area contributed by atoms with Crippen molar-refractivity contribution in [3.8, 4) is 0 Å². The normalized spacial score (nSPS) is 26.3. The largest absolute Gasteiger partial charge is 0.465 e. The van der Waals surface area contributed by atoms with Crippen molar-refractivity contribution in [2.24, 2.45) is 0 Å². The van der Waals surface area contributed by atoms with Crippen molar-refractivity contribution in [2.45, 2.75) is 18.9 Å². The Kier molecular flexibility index (Phi) is 3.51. The van der Waals surface area contributed by atoms with E-state index < -0.39 is 12.1 Å². The Morgan fingerprint density at radius 3 is 2.35 bits per heavy atom. The Balaban J connectivity index is 1.97. The summed E-state index contributed by atoms with van der Waals surface area (Å²) in [6.45, 7) is 3.63. The van der Waals surface area contributed by atoms with E-state index in [4.69, 9.17) is 5.11 Å². The van der Waals surface area contributed by atoms with E-state index in [1.807, 2.05) is 7.05 Å². The minimum absolute atomic E-state index is 0.0157. The Morgan fingerprint density at radius 2 is 1.76 bits per heavy atom. The Labute approximate surface area is 101 Å². The zero-order valence-electron chi connectivity index (χ0n) is 10.1. The van der Waals surface area contributed by atoms with E-state index in [0.717, 1.165) is 19.5 Å². The van der Waals surface area contributed by atoms with E-state index in [-0.39, 0.29) is 5.91 Å². The summed E-state index contributed by atoms with van der Waals surface area (Å²) in [4.78, 5) is 28.5. The molecule has 0 aromatic carbocycles. The van der Waals surface area contributed by atoms with Crippen LogP contribution in [0, 0.1) is 0 Å². The van der Waals surface area contributed by atoms with Crippen molar-refractivity contribution < 1.29 is 14.7 Å². The number of rotatable bonds is 1. The lowest BCUT2D eigenvalue weighted by Gasteiger charge is -2.35. The van der Waals surface area contributed by atoms with Crippen molar-refractivity contribution in [3.63, 3.8) is 0 Å². The third-order valence-electron chi connectivity index (χ3n) is 3.60. The maximum atomic E-state index is 12.2. The van der Waals surface area contributed by atoms with Crippen molar-refractivity contribution in [1.29, 1.82) is 0 Å². The standard InChI is InChI=1S/C11H19N3O3/c1-12-5-7-13(8-6-12)10(15)9-3-2-4-14(9)11(16)17/h9H,2-8H2,1H3,(H,16,17). The molecule has 0 radical (unpaired) electrons. The third-order valence-corrected chi connectivity index (χ3v) is 3.60. The first-order valence-corrected chi connectivity index (χ1v) is 6.06. The first-order valence-electron chi connectivity index (χ1n) is 6.06. The molecule has 2 aliphatic heterocycles. The lowest BCUT2D eigenvalue weighted by atomic mass is 10.2. The molecule has 6 nitrogen and oxygen atoms in total. The minimum atomic E-state index is -0.977. The van der Waals surface area contributed by atoms with E-state index in [0.29, 0.717) is 26.1 Å². The molecule has 0 spiro atoms. The molecule has 96 valence electrons. The van der Waals surface area contributed by atoms with Crippen LogP contribution in [0.25, 0.3) is 0 Å². The van der Waals surface area contributed by atoms with Gasteiger partial charge in [0.25, 0.3) is 0 Å². The van der Waals surface area contributed by atoms with Gasteiger partial charge in [-0.15, -0.1) is 0 Å². The van der Waals surface area contributed by atoms with Crippen LogP contribution in [0.2, 0.25) is 0 Å². The van der Waals surface area contributed by atoms with Crippen molar-refractivity contribution in [3.05, 3.63) is 0 Å². The fraction of sp³-hybridized carbons (Fsp3) is 0.818.